The van der Waals surface area contributed by atoms with Crippen LogP contribution in [0.5, 0.6) is 0 Å². The topological polar surface area (TPSA) is 24.9 Å². The van der Waals surface area contributed by atoms with E-state index in [2.05, 4.69) is 35.4 Å². The summed E-state index contributed by atoms with van der Waals surface area (Å²) < 4.78 is 0. The van der Waals surface area contributed by atoms with Gasteiger partial charge in [0.05, 0.1) is 5.01 Å². The molecule has 0 aliphatic carbocycles. The molecule has 0 bridgehead atoms. The summed E-state index contributed by atoms with van der Waals surface area (Å²) in [7, 11) is 0. The second-order valence-corrected chi connectivity index (χ2v) is 5.64. The van der Waals surface area contributed by atoms with E-state index in [0.29, 0.717) is 0 Å². The highest BCUT2D eigenvalue weighted by molar-refractivity contribution is 7.09. The third kappa shape index (κ3) is 3.31. The molecule has 1 atom stereocenters. The van der Waals surface area contributed by atoms with Gasteiger partial charge < -0.3 is 5.32 Å². The fraction of sp³-hybridized carbons (Fsp3) is 0.357. The van der Waals surface area contributed by atoms with Gasteiger partial charge in [0, 0.05) is 29.1 Å². The first kappa shape index (κ1) is 13.5. The van der Waals surface area contributed by atoms with Gasteiger partial charge in [0.15, 0.2) is 0 Å². The number of hydrogen-bond donors (Lipinski definition) is 1. The molecule has 2 rings (SSSR count). The highest BCUT2D eigenvalue weighted by atomic mass is 35.5. The van der Waals surface area contributed by atoms with Crippen molar-refractivity contribution in [2.75, 3.05) is 6.54 Å². The summed E-state index contributed by atoms with van der Waals surface area (Å²) >= 11 is 7.89. The number of benzene rings is 1. The zero-order chi connectivity index (χ0) is 13.0. The molecule has 4 heteroatoms. The number of aryl methyl sites for hydroxylation is 1. The average Bonchev–Trinajstić information content (AvgIpc) is 2.85. The lowest BCUT2D eigenvalue weighted by Gasteiger charge is -2.18. The molecule has 0 aliphatic rings. The largest absolute Gasteiger partial charge is 0.310 e. The molecule has 0 spiro atoms. The van der Waals surface area contributed by atoms with Crippen molar-refractivity contribution in [1.29, 1.82) is 0 Å². The molecule has 1 aromatic carbocycles. The molecule has 1 heterocycles. The third-order valence-electron chi connectivity index (χ3n) is 2.91. The van der Waals surface area contributed by atoms with Gasteiger partial charge in [0.25, 0.3) is 0 Å². The molecular weight excluding hydrogens is 264 g/mol. The standard InChI is InChI=1S/C14H17ClN2S/c1-3-16-13(9-14-17-6-7-18-14)11-5-4-10(2)12(15)8-11/h4-8,13,16H,3,9H2,1-2H3. The monoisotopic (exact) mass is 280 g/mol. The summed E-state index contributed by atoms with van der Waals surface area (Å²) in [6.45, 7) is 5.07. The maximum absolute atomic E-state index is 6.20. The Labute approximate surface area is 117 Å². The summed E-state index contributed by atoms with van der Waals surface area (Å²) in [5, 5.41) is 7.49. The Morgan fingerprint density at radius 1 is 1.44 bits per heavy atom. The molecule has 96 valence electrons. The fourth-order valence-electron chi connectivity index (χ4n) is 1.91. The van der Waals surface area contributed by atoms with Gasteiger partial charge in [-0.25, -0.2) is 4.98 Å². The summed E-state index contributed by atoms with van der Waals surface area (Å²) in [5.74, 6) is 0. The van der Waals surface area contributed by atoms with Crippen LogP contribution in [0.3, 0.4) is 0 Å². The van der Waals surface area contributed by atoms with Crippen LogP contribution < -0.4 is 5.32 Å². The van der Waals surface area contributed by atoms with Crippen LogP contribution in [-0.2, 0) is 6.42 Å². The number of likely N-dealkylation sites (N-methyl/N-ethyl adjacent to an activating group) is 1. The highest BCUT2D eigenvalue weighted by Crippen LogP contribution is 2.24. The number of nitrogens with zero attached hydrogens (tertiary/aromatic N) is 1. The molecule has 0 saturated heterocycles. The van der Waals surface area contributed by atoms with Crippen molar-refractivity contribution in [3.05, 3.63) is 50.9 Å². The predicted octanol–water partition coefficient (Wildman–Crippen LogP) is 4.00. The van der Waals surface area contributed by atoms with Crippen molar-refractivity contribution in [2.24, 2.45) is 0 Å². The highest BCUT2D eigenvalue weighted by Gasteiger charge is 2.13. The molecule has 0 aliphatic heterocycles. The molecule has 2 nitrogen and oxygen atoms in total. The van der Waals surface area contributed by atoms with Crippen LogP contribution in [0.25, 0.3) is 0 Å². The van der Waals surface area contributed by atoms with Gasteiger partial charge in [-0.15, -0.1) is 11.3 Å². The van der Waals surface area contributed by atoms with Crippen LogP contribution in [0.15, 0.2) is 29.8 Å². The molecule has 18 heavy (non-hydrogen) atoms. The molecule has 0 radical (unpaired) electrons. The van der Waals surface area contributed by atoms with Crippen LogP contribution in [0, 0.1) is 6.92 Å². The average molecular weight is 281 g/mol. The third-order valence-corrected chi connectivity index (χ3v) is 4.12. The van der Waals surface area contributed by atoms with E-state index in [9.17, 15) is 0 Å². The minimum Gasteiger partial charge on any atom is -0.310 e. The molecule has 2 aromatic rings. The molecule has 1 aromatic heterocycles. The number of halogens is 1. The zero-order valence-corrected chi connectivity index (χ0v) is 12.2. The Morgan fingerprint density at radius 3 is 2.89 bits per heavy atom. The Morgan fingerprint density at radius 2 is 2.28 bits per heavy atom. The summed E-state index contributed by atoms with van der Waals surface area (Å²) in [6.07, 6.45) is 2.76. The number of nitrogens with one attached hydrogen (secondary N) is 1. The SMILES string of the molecule is CCNC(Cc1nccs1)c1ccc(C)c(Cl)c1. The number of aromatic nitrogens is 1. The Bertz CT molecular complexity index is 497. The second-order valence-electron chi connectivity index (χ2n) is 4.25. The van der Waals surface area contributed by atoms with Crippen LogP contribution in [0.2, 0.25) is 5.02 Å². The van der Waals surface area contributed by atoms with Gasteiger partial charge in [-0.2, -0.15) is 0 Å². The smallest absolute Gasteiger partial charge is 0.0943 e. The van der Waals surface area contributed by atoms with Gasteiger partial charge in [-0.3, -0.25) is 0 Å². The van der Waals surface area contributed by atoms with E-state index in [-0.39, 0.29) is 6.04 Å². The molecule has 0 amide bonds. The van der Waals surface area contributed by atoms with E-state index >= 15 is 0 Å². The first-order valence-electron chi connectivity index (χ1n) is 6.08. The van der Waals surface area contributed by atoms with Crippen LogP contribution in [0.4, 0.5) is 0 Å². The molecule has 0 fully saturated rings. The minimum absolute atomic E-state index is 0.277. The van der Waals surface area contributed by atoms with Gasteiger partial charge in [0.2, 0.25) is 0 Å². The lowest BCUT2D eigenvalue weighted by Crippen LogP contribution is -2.22. The first-order chi connectivity index (χ1) is 8.70. The lowest BCUT2D eigenvalue weighted by molar-refractivity contribution is 0.548. The zero-order valence-electron chi connectivity index (χ0n) is 10.6. The second kappa shape index (κ2) is 6.32. The number of rotatable bonds is 5. The minimum atomic E-state index is 0.277. The van der Waals surface area contributed by atoms with Crippen molar-refractivity contribution in [3.8, 4) is 0 Å². The quantitative estimate of drug-likeness (QED) is 0.895. The predicted molar refractivity (Wildman–Crippen MR) is 78.4 cm³/mol. The Hall–Kier alpha value is -0.900. The maximum Gasteiger partial charge on any atom is 0.0943 e. The van der Waals surface area contributed by atoms with Crippen molar-refractivity contribution in [3.63, 3.8) is 0 Å². The van der Waals surface area contributed by atoms with Crippen LogP contribution in [-0.4, -0.2) is 11.5 Å². The van der Waals surface area contributed by atoms with Gasteiger partial charge in [-0.1, -0.05) is 30.7 Å². The van der Waals surface area contributed by atoms with Crippen molar-refractivity contribution in [2.45, 2.75) is 26.3 Å². The molecular formula is C14H17ClN2S. The molecule has 0 saturated carbocycles. The molecule has 1 N–H and O–H groups in total. The summed E-state index contributed by atoms with van der Waals surface area (Å²) in [4.78, 5) is 4.35. The maximum atomic E-state index is 6.20. The lowest BCUT2D eigenvalue weighted by atomic mass is 10.0. The van der Waals surface area contributed by atoms with E-state index in [1.165, 1.54) is 5.56 Å². The Kier molecular flexibility index (Phi) is 4.75. The fourth-order valence-corrected chi connectivity index (χ4v) is 2.76. The van der Waals surface area contributed by atoms with E-state index in [4.69, 9.17) is 11.6 Å². The van der Waals surface area contributed by atoms with E-state index in [1.807, 2.05) is 18.5 Å². The van der Waals surface area contributed by atoms with E-state index in [0.717, 1.165) is 28.6 Å². The van der Waals surface area contributed by atoms with Gasteiger partial charge >= 0.3 is 0 Å². The van der Waals surface area contributed by atoms with E-state index < -0.39 is 0 Å². The van der Waals surface area contributed by atoms with Crippen molar-refractivity contribution >= 4 is 22.9 Å². The van der Waals surface area contributed by atoms with Gasteiger partial charge in [-0.05, 0) is 30.7 Å². The van der Waals surface area contributed by atoms with Crippen LogP contribution in [0.1, 0.15) is 29.1 Å². The van der Waals surface area contributed by atoms with Crippen molar-refractivity contribution < 1.29 is 0 Å². The molecule has 1 unspecified atom stereocenters. The number of thiazole rings is 1. The van der Waals surface area contributed by atoms with E-state index in [1.54, 1.807) is 11.3 Å². The Balaban J connectivity index is 2.20. The van der Waals surface area contributed by atoms with Gasteiger partial charge in [0.1, 0.15) is 0 Å². The van der Waals surface area contributed by atoms with Crippen LogP contribution >= 0.6 is 22.9 Å². The summed E-state index contributed by atoms with van der Waals surface area (Å²) in [6, 6.07) is 6.54. The first-order valence-corrected chi connectivity index (χ1v) is 7.34. The normalized spacial score (nSPS) is 12.6. The number of hydrogen-bond acceptors (Lipinski definition) is 3. The summed E-state index contributed by atoms with van der Waals surface area (Å²) in [5.41, 5.74) is 2.34. The van der Waals surface area contributed by atoms with Crippen molar-refractivity contribution in [1.82, 2.24) is 10.3 Å².